The minimum atomic E-state index is 0.637. The van der Waals surface area contributed by atoms with Crippen LogP contribution in [0.25, 0.3) is 0 Å². The van der Waals surface area contributed by atoms with E-state index >= 15 is 0 Å². The van der Waals surface area contributed by atoms with Crippen molar-refractivity contribution in [2.24, 2.45) is 5.41 Å². The Bertz CT molecular complexity index is 350. The highest BCUT2D eigenvalue weighted by Crippen LogP contribution is 2.43. The summed E-state index contributed by atoms with van der Waals surface area (Å²) in [5.41, 5.74) is 2.14. The molecule has 1 saturated carbocycles. The molecule has 0 unspecified atom stereocenters. The molecule has 1 aliphatic rings. The monoisotopic (exact) mass is 265 g/mol. The van der Waals surface area contributed by atoms with Gasteiger partial charge in [-0.15, -0.1) is 11.3 Å². The smallest absolute Gasteiger partial charge is 0.00746 e. The Labute approximate surface area is 116 Å². The highest BCUT2D eigenvalue weighted by Gasteiger charge is 2.31. The maximum Gasteiger partial charge on any atom is 0.00746 e. The minimum Gasteiger partial charge on any atom is -0.320 e. The molecule has 102 valence electrons. The van der Waals surface area contributed by atoms with Crippen LogP contribution in [0, 0.1) is 12.3 Å². The van der Waals surface area contributed by atoms with Crippen molar-refractivity contribution < 1.29 is 0 Å². The van der Waals surface area contributed by atoms with E-state index in [1.807, 2.05) is 11.3 Å². The van der Waals surface area contributed by atoms with Gasteiger partial charge in [-0.25, -0.2) is 0 Å². The van der Waals surface area contributed by atoms with Crippen molar-refractivity contribution in [2.75, 3.05) is 13.6 Å². The fourth-order valence-electron chi connectivity index (χ4n) is 3.36. The molecule has 18 heavy (non-hydrogen) atoms. The third-order valence-electron chi connectivity index (χ3n) is 4.67. The predicted octanol–water partition coefficient (Wildman–Crippen LogP) is 4.55. The molecule has 0 saturated heterocycles. The topological polar surface area (TPSA) is 12.0 Å². The molecule has 1 nitrogen and oxygen atoms in total. The zero-order valence-corrected chi connectivity index (χ0v) is 12.7. The normalized spacial score (nSPS) is 19.0. The van der Waals surface area contributed by atoms with Gasteiger partial charge >= 0.3 is 0 Å². The van der Waals surface area contributed by atoms with Crippen LogP contribution in [-0.4, -0.2) is 13.6 Å². The van der Waals surface area contributed by atoms with E-state index < -0.39 is 0 Å². The molecule has 0 spiro atoms. The summed E-state index contributed by atoms with van der Waals surface area (Å²) < 4.78 is 0. The van der Waals surface area contributed by atoms with Gasteiger partial charge in [0.25, 0.3) is 0 Å². The van der Waals surface area contributed by atoms with Crippen LogP contribution in [0.4, 0.5) is 0 Å². The van der Waals surface area contributed by atoms with E-state index in [9.17, 15) is 0 Å². The molecule has 1 aromatic rings. The maximum atomic E-state index is 3.35. The molecule has 2 rings (SSSR count). The maximum absolute atomic E-state index is 3.35. The highest BCUT2D eigenvalue weighted by atomic mass is 32.1. The van der Waals surface area contributed by atoms with Crippen molar-refractivity contribution in [1.82, 2.24) is 5.32 Å². The molecule has 0 aromatic carbocycles. The predicted molar refractivity (Wildman–Crippen MR) is 81.4 cm³/mol. The van der Waals surface area contributed by atoms with Crippen molar-refractivity contribution >= 4 is 11.3 Å². The van der Waals surface area contributed by atoms with Gasteiger partial charge in [-0.1, -0.05) is 19.3 Å². The summed E-state index contributed by atoms with van der Waals surface area (Å²) in [5, 5.41) is 5.59. The Hall–Kier alpha value is -0.340. The summed E-state index contributed by atoms with van der Waals surface area (Å²) >= 11 is 1.95. The Morgan fingerprint density at radius 2 is 2.00 bits per heavy atom. The van der Waals surface area contributed by atoms with Crippen molar-refractivity contribution in [3.8, 4) is 0 Å². The number of thiophene rings is 1. The zero-order chi connectivity index (χ0) is 12.8. The second kappa shape index (κ2) is 6.72. The van der Waals surface area contributed by atoms with Crippen molar-refractivity contribution in [3.05, 3.63) is 21.9 Å². The van der Waals surface area contributed by atoms with Crippen LogP contribution in [-0.2, 0) is 6.42 Å². The Balaban J connectivity index is 1.94. The molecule has 1 aromatic heterocycles. The van der Waals surface area contributed by atoms with Gasteiger partial charge in [-0.3, -0.25) is 0 Å². The van der Waals surface area contributed by atoms with E-state index in [4.69, 9.17) is 0 Å². The van der Waals surface area contributed by atoms with Gasteiger partial charge in [0.15, 0.2) is 0 Å². The molecular formula is C16H27NS. The van der Waals surface area contributed by atoms with E-state index in [1.54, 1.807) is 4.88 Å². The Morgan fingerprint density at radius 3 is 2.61 bits per heavy atom. The van der Waals surface area contributed by atoms with E-state index in [0.717, 1.165) is 0 Å². The van der Waals surface area contributed by atoms with Crippen LogP contribution in [0.3, 0.4) is 0 Å². The van der Waals surface area contributed by atoms with Crippen molar-refractivity contribution in [2.45, 2.75) is 58.3 Å². The number of nitrogens with one attached hydrogen (secondary N) is 1. The molecule has 0 bridgehead atoms. The van der Waals surface area contributed by atoms with Crippen LogP contribution in [0.1, 0.15) is 55.4 Å². The van der Waals surface area contributed by atoms with Crippen LogP contribution >= 0.6 is 11.3 Å². The number of rotatable bonds is 6. The first-order valence-electron chi connectivity index (χ1n) is 7.43. The standard InChI is InChI=1S/C16H27NS/c1-14-7-13-18-15(14)6-10-16(11-12-17-2)8-4-3-5-9-16/h7,13,17H,3-6,8-12H2,1-2H3. The van der Waals surface area contributed by atoms with Gasteiger partial charge in [-0.05, 0) is 75.0 Å². The van der Waals surface area contributed by atoms with Crippen LogP contribution in [0.5, 0.6) is 0 Å². The summed E-state index contributed by atoms with van der Waals surface area (Å²) in [6.45, 7) is 3.44. The summed E-state index contributed by atoms with van der Waals surface area (Å²) in [6, 6.07) is 2.27. The van der Waals surface area contributed by atoms with Gasteiger partial charge in [0.05, 0.1) is 0 Å². The van der Waals surface area contributed by atoms with Crippen molar-refractivity contribution in [3.63, 3.8) is 0 Å². The van der Waals surface area contributed by atoms with Gasteiger partial charge < -0.3 is 5.32 Å². The Morgan fingerprint density at radius 1 is 1.22 bits per heavy atom. The molecule has 1 heterocycles. The molecule has 0 amide bonds. The lowest BCUT2D eigenvalue weighted by molar-refractivity contribution is 0.158. The molecule has 2 heteroatoms. The van der Waals surface area contributed by atoms with Gasteiger partial charge in [0, 0.05) is 4.88 Å². The van der Waals surface area contributed by atoms with Gasteiger partial charge in [0.2, 0.25) is 0 Å². The largest absolute Gasteiger partial charge is 0.320 e. The van der Waals surface area contributed by atoms with Crippen LogP contribution < -0.4 is 5.32 Å². The number of aryl methyl sites for hydroxylation is 2. The summed E-state index contributed by atoms with van der Waals surface area (Å²) in [4.78, 5) is 1.62. The zero-order valence-electron chi connectivity index (χ0n) is 11.9. The van der Waals surface area contributed by atoms with Gasteiger partial charge in [0.1, 0.15) is 0 Å². The lowest BCUT2D eigenvalue weighted by Gasteiger charge is -2.37. The van der Waals surface area contributed by atoms with E-state index in [1.165, 1.54) is 63.5 Å². The summed E-state index contributed by atoms with van der Waals surface area (Å²) in [6.07, 6.45) is 11.3. The first kappa shape index (κ1) is 14.1. The second-order valence-electron chi connectivity index (χ2n) is 5.94. The third kappa shape index (κ3) is 3.58. The number of hydrogen-bond acceptors (Lipinski definition) is 2. The lowest BCUT2D eigenvalue weighted by Crippen LogP contribution is -2.28. The second-order valence-corrected chi connectivity index (χ2v) is 6.94. The fraction of sp³-hybridized carbons (Fsp3) is 0.750. The lowest BCUT2D eigenvalue weighted by atomic mass is 9.69. The van der Waals surface area contributed by atoms with E-state index in [-0.39, 0.29) is 0 Å². The van der Waals surface area contributed by atoms with Crippen molar-refractivity contribution in [1.29, 1.82) is 0 Å². The molecule has 1 fully saturated rings. The first-order valence-corrected chi connectivity index (χ1v) is 8.31. The quantitative estimate of drug-likeness (QED) is 0.795. The number of hydrogen-bond donors (Lipinski definition) is 1. The minimum absolute atomic E-state index is 0.637. The van der Waals surface area contributed by atoms with Gasteiger partial charge in [-0.2, -0.15) is 0 Å². The average Bonchev–Trinajstić information content (AvgIpc) is 2.81. The molecule has 0 aliphatic heterocycles. The first-order chi connectivity index (χ1) is 8.76. The van der Waals surface area contributed by atoms with E-state index in [0.29, 0.717) is 5.41 Å². The van der Waals surface area contributed by atoms with Crippen LogP contribution in [0.15, 0.2) is 11.4 Å². The third-order valence-corrected chi connectivity index (χ3v) is 5.75. The molecular weight excluding hydrogens is 238 g/mol. The molecule has 1 N–H and O–H groups in total. The highest BCUT2D eigenvalue weighted by molar-refractivity contribution is 7.10. The summed E-state index contributed by atoms with van der Waals surface area (Å²) in [7, 11) is 2.08. The molecule has 1 aliphatic carbocycles. The summed E-state index contributed by atoms with van der Waals surface area (Å²) in [5.74, 6) is 0. The fourth-order valence-corrected chi connectivity index (χ4v) is 4.27. The average molecular weight is 265 g/mol. The van der Waals surface area contributed by atoms with E-state index in [2.05, 4.69) is 30.7 Å². The molecule has 0 atom stereocenters. The molecule has 0 radical (unpaired) electrons. The Kier molecular flexibility index (Phi) is 5.25. The van der Waals surface area contributed by atoms with Crippen LogP contribution in [0.2, 0.25) is 0 Å². The SMILES string of the molecule is CNCCC1(CCc2sccc2C)CCCCC1.